The second-order valence-electron chi connectivity index (χ2n) is 20.2. The number of phosphoric ester groups is 1. The zero-order valence-corrected chi connectivity index (χ0v) is 45.7. The van der Waals surface area contributed by atoms with Gasteiger partial charge in [0.15, 0.2) is 34.8 Å². The van der Waals surface area contributed by atoms with Gasteiger partial charge in [-0.2, -0.15) is 0 Å². The molecule has 0 fully saturated rings. The van der Waals surface area contributed by atoms with Crippen molar-refractivity contribution in [3.63, 3.8) is 0 Å². The van der Waals surface area contributed by atoms with E-state index in [9.17, 15) is 47.6 Å². The maximum Gasteiger partial charge on any atom is 0.472 e. The Bertz CT molecular complexity index is 2320. The number of amides is 1. The Morgan fingerprint density at radius 3 is 1.57 bits per heavy atom. The lowest BCUT2D eigenvalue weighted by molar-refractivity contribution is -0.161. The van der Waals surface area contributed by atoms with Gasteiger partial charge in [-0.25, -0.2) is 18.1 Å². The Hall–Kier alpha value is -5.09. The Kier molecular flexibility index (Phi) is 26.5. The standard InChI is InChI=1S/C58H82F2NO14P/c1-3-5-7-9-11-13-15-17-19-21-23-25-27-29-54(64)70-40-43(73-55(65)30-28-26-24-22-20-18-16-14-12-10-8-6-4-2)41-72-76(68,69)71-34-33-61-56(66)42-31-32-45-44(35-42)57(67)75-58(45)46-36-48(59)50(62)38-52(46)74-53-39-51(63)49(60)37-47(53)58/h31-32,35-39,43,62-63H,3-30,33-34,40-41H2,1-2H3,(H,61,66)(H,68,69)/t43-/m1/s1. The molecule has 4 N–H and O–H groups in total. The number of phenolic OH excluding ortho intramolecular Hbond substituents is 2. The summed E-state index contributed by atoms with van der Waals surface area (Å²) in [6, 6.07) is 7.57. The van der Waals surface area contributed by atoms with Gasteiger partial charge in [-0.15, -0.1) is 0 Å². The molecule has 2 heterocycles. The molecular weight excluding hydrogens is 1000 g/mol. The fourth-order valence-corrected chi connectivity index (χ4v) is 10.5. The highest BCUT2D eigenvalue weighted by Crippen LogP contribution is 2.57. The molecule has 1 amide bonds. The van der Waals surface area contributed by atoms with E-state index in [0.29, 0.717) is 12.8 Å². The van der Waals surface area contributed by atoms with Crippen LogP contribution in [0, 0.1) is 11.6 Å². The lowest BCUT2D eigenvalue weighted by Crippen LogP contribution is -2.33. The molecule has 422 valence electrons. The Balaban J connectivity index is 1.08. The van der Waals surface area contributed by atoms with Crippen molar-refractivity contribution in [2.24, 2.45) is 0 Å². The largest absolute Gasteiger partial charge is 0.505 e. The number of carbonyl (C=O) groups excluding carboxylic acids is 4. The van der Waals surface area contributed by atoms with Crippen LogP contribution in [0.25, 0.3) is 0 Å². The Labute approximate surface area is 447 Å². The summed E-state index contributed by atoms with van der Waals surface area (Å²) in [4.78, 5) is 63.0. The molecule has 0 bridgehead atoms. The molecule has 76 heavy (non-hydrogen) atoms. The van der Waals surface area contributed by atoms with E-state index in [4.69, 9.17) is 28.0 Å². The van der Waals surface area contributed by atoms with Crippen LogP contribution in [0.3, 0.4) is 0 Å². The molecule has 2 atom stereocenters. The summed E-state index contributed by atoms with van der Waals surface area (Å²) in [7, 11) is -4.81. The van der Waals surface area contributed by atoms with Gasteiger partial charge < -0.3 is 39.4 Å². The number of hydrogen-bond donors (Lipinski definition) is 4. The summed E-state index contributed by atoms with van der Waals surface area (Å²) < 4.78 is 75.6. The number of rotatable bonds is 39. The molecule has 18 heteroatoms. The normalized spacial score (nSPS) is 14.2. The summed E-state index contributed by atoms with van der Waals surface area (Å²) in [5, 5.41) is 22.7. The number of hydrogen-bond acceptors (Lipinski definition) is 13. The average molecular weight is 1090 g/mol. The minimum Gasteiger partial charge on any atom is -0.505 e. The van der Waals surface area contributed by atoms with Crippen LogP contribution >= 0.6 is 7.82 Å². The van der Waals surface area contributed by atoms with Gasteiger partial charge in [0.25, 0.3) is 5.91 Å². The van der Waals surface area contributed by atoms with E-state index in [1.54, 1.807) is 0 Å². The molecule has 0 radical (unpaired) electrons. The smallest absolute Gasteiger partial charge is 0.472 e. The van der Waals surface area contributed by atoms with E-state index >= 15 is 0 Å². The van der Waals surface area contributed by atoms with Crippen LogP contribution in [0.15, 0.2) is 42.5 Å². The van der Waals surface area contributed by atoms with E-state index in [0.717, 1.165) is 69.2 Å². The van der Waals surface area contributed by atoms with E-state index in [1.807, 2.05) is 0 Å². The summed E-state index contributed by atoms with van der Waals surface area (Å²) in [5.41, 5.74) is -2.28. The topological polar surface area (TPSA) is 213 Å². The maximum absolute atomic E-state index is 14.8. The first-order chi connectivity index (χ1) is 36.7. The minimum absolute atomic E-state index is 0.0513. The monoisotopic (exact) mass is 1090 g/mol. The van der Waals surface area contributed by atoms with Crippen LogP contribution in [0.4, 0.5) is 8.78 Å². The molecule has 3 aromatic rings. The maximum atomic E-state index is 14.8. The van der Waals surface area contributed by atoms with Gasteiger partial charge in [0, 0.05) is 42.6 Å². The lowest BCUT2D eigenvalue weighted by atomic mass is 9.77. The number of benzene rings is 3. The summed E-state index contributed by atoms with van der Waals surface area (Å²) in [6.07, 6.45) is 29.2. The predicted octanol–water partition coefficient (Wildman–Crippen LogP) is 14.2. The predicted molar refractivity (Wildman–Crippen MR) is 283 cm³/mol. The number of carbonyl (C=O) groups is 4. The van der Waals surface area contributed by atoms with Crippen LogP contribution in [-0.2, 0) is 43.0 Å². The molecule has 1 unspecified atom stereocenters. The average Bonchev–Trinajstić information content (AvgIpc) is 3.82. The van der Waals surface area contributed by atoms with Gasteiger partial charge in [0.05, 0.1) is 29.9 Å². The molecular formula is C58H82F2NO14P. The number of unbranched alkanes of at least 4 members (excludes halogenated alkanes) is 24. The van der Waals surface area contributed by atoms with Crippen molar-refractivity contribution in [2.75, 3.05) is 26.4 Å². The lowest BCUT2D eigenvalue weighted by Gasteiger charge is -2.36. The van der Waals surface area contributed by atoms with E-state index in [2.05, 4.69) is 19.2 Å². The molecule has 0 saturated heterocycles. The second-order valence-corrected chi connectivity index (χ2v) is 21.6. The molecule has 3 aromatic carbocycles. The number of ether oxygens (including phenoxy) is 4. The number of nitrogens with one attached hydrogen (secondary N) is 1. The van der Waals surface area contributed by atoms with Crippen molar-refractivity contribution in [2.45, 2.75) is 205 Å². The zero-order valence-electron chi connectivity index (χ0n) is 44.8. The molecule has 15 nitrogen and oxygen atoms in total. The van der Waals surface area contributed by atoms with Crippen LogP contribution in [-0.4, -0.2) is 71.4 Å². The summed E-state index contributed by atoms with van der Waals surface area (Å²) >= 11 is 0. The molecule has 2 aliphatic rings. The SMILES string of the molecule is CCCCCCCCCCCCCCCC(=O)OC[C@H](COP(=O)(O)OCCNC(=O)c1ccc2c(c1)C(=O)OC21c2cc(F)c(O)cc2Oc2cc(O)c(F)cc21)OC(=O)CCCCCCCCCCCCCCC. The van der Waals surface area contributed by atoms with Gasteiger partial charge in [-0.05, 0) is 37.1 Å². The van der Waals surface area contributed by atoms with Crippen LogP contribution in [0.2, 0.25) is 0 Å². The number of fused-ring (bicyclic) bond motifs is 6. The highest BCUT2D eigenvalue weighted by molar-refractivity contribution is 7.47. The number of halogens is 2. The third-order valence-electron chi connectivity index (χ3n) is 14.0. The van der Waals surface area contributed by atoms with Crippen LogP contribution < -0.4 is 10.1 Å². The molecule has 1 spiro atoms. The van der Waals surface area contributed by atoms with Crippen molar-refractivity contribution in [1.82, 2.24) is 5.32 Å². The van der Waals surface area contributed by atoms with Crippen molar-refractivity contribution in [3.05, 3.63) is 81.9 Å². The van der Waals surface area contributed by atoms with Gasteiger partial charge in [-0.3, -0.25) is 23.4 Å². The van der Waals surface area contributed by atoms with Crippen molar-refractivity contribution >= 4 is 31.6 Å². The zero-order chi connectivity index (χ0) is 54.8. The fourth-order valence-electron chi connectivity index (χ4n) is 9.71. The number of esters is 3. The van der Waals surface area contributed by atoms with Crippen LogP contribution in [0.1, 0.15) is 231 Å². The quantitative estimate of drug-likeness (QED) is 0.0181. The molecule has 2 aliphatic heterocycles. The number of aromatic hydroxyl groups is 2. The van der Waals surface area contributed by atoms with E-state index in [1.165, 1.54) is 127 Å². The number of phenols is 2. The van der Waals surface area contributed by atoms with E-state index in [-0.39, 0.29) is 65.3 Å². The van der Waals surface area contributed by atoms with Gasteiger partial charge >= 0.3 is 25.7 Å². The van der Waals surface area contributed by atoms with Gasteiger partial charge in [-0.1, -0.05) is 174 Å². The van der Waals surface area contributed by atoms with Crippen molar-refractivity contribution < 1.29 is 75.6 Å². The van der Waals surface area contributed by atoms with Gasteiger partial charge in [0.2, 0.25) is 0 Å². The van der Waals surface area contributed by atoms with Gasteiger partial charge in [0.1, 0.15) is 18.1 Å². The molecule has 0 aliphatic carbocycles. The minimum atomic E-state index is -4.81. The summed E-state index contributed by atoms with van der Waals surface area (Å²) in [5.74, 6) is -6.72. The Morgan fingerprint density at radius 1 is 0.618 bits per heavy atom. The second kappa shape index (κ2) is 32.6. The van der Waals surface area contributed by atoms with Crippen molar-refractivity contribution in [1.29, 1.82) is 0 Å². The first-order valence-corrected chi connectivity index (χ1v) is 29.6. The summed E-state index contributed by atoms with van der Waals surface area (Å²) in [6.45, 7) is 2.62. The van der Waals surface area contributed by atoms with Crippen LogP contribution in [0.5, 0.6) is 23.0 Å². The third-order valence-corrected chi connectivity index (χ3v) is 15.0. The third kappa shape index (κ3) is 19.4. The van der Waals surface area contributed by atoms with Crippen molar-refractivity contribution in [3.8, 4) is 23.0 Å². The highest BCUT2D eigenvalue weighted by Gasteiger charge is 2.54. The first-order valence-electron chi connectivity index (χ1n) is 28.1. The highest BCUT2D eigenvalue weighted by atomic mass is 31.2. The fraction of sp³-hybridized carbons (Fsp3) is 0.621. The molecule has 0 saturated carbocycles. The molecule has 0 aromatic heterocycles. The van der Waals surface area contributed by atoms with E-state index < -0.39 is 79.7 Å². The first kappa shape index (κ1) is 61.8. The Morgan fingerprint density at radius 2 is 1.08 bits per heavy atom. The number of phosphoric acid groups is 1. The molecule has 5 rings (SSSR count).